The molecule has 106 valence electrons. The molecule has 2 nitrogen and oxygen atoms in total. The van der Waals surface area contributed by atoms with E-state index in [1.54, 1.807) is 7.11 Å². The largest absolute Gasteiger partial charge is 0.497 e. The molecule has 1 atom stereocenters. The number of benzene rings is 1. The Balaban J connectivity index is 2.29. The number of methoxy groups -OCH3 is 1. The van der Waals surface area contributed by atoms with Crippen LogP contribution in [-0.4, -0.2) is 7.11 Å². The lowest BCUT2D eigenvalue weighted by molar-refractivity contribution is 0.299. The molecule has 1 aliphatic rings. The molecule has 0 aliphatic heterocycles. The second-order valence-electron chi connectivity index (χ2n) is 6.85. The highest BCUT2D eigenvalue weighted by molar-refractivity contribution is 5.39. The second-order valence-corrected chi connectivity index (χ2v) is 6.85. The highest BCUT2D eigenvalue weighted by Crippen LogP contribution is 2.42. The molecule has 0 saturated heterocycles. The summed E-state index contributed by atoms with van der Waals surface area (Å²) in [5.41, 5.74) is 9.57. The lowest BCUT2D eigenvalue weighted by atomic mass is 9.79. The van der Waals surface area contributed by atoms with Crippen molar-refractivity contribution in [2.45, 2.75) is 58.4 Å². The van der Waals surface area contributed by atoms with Crippen molar-refractivity contribution in [2.75, 3.05) is 7.11 Å². The van der Waals surface area contributed by atoms with Gasteiger partial charge in [0.05, 0.1) is 7.11 Å². The zero-order chi connectivity index (χ0) is 14.1. The van der Waals surface area contributed by atoms with Crippen LogP contribution in [0.25, 0.3) is 0 Å². The Kier molecular flexibility index (Phi) is 3.91. The Labute approximate surface area is 117 Å². The third-order valence-corrected chi connectivity index (χ3v) is 4.69. The summed E-state index contributed by atoms with van der Waals surface area (Å²) in [6.07, 6.45) is 5.86. The summed E-state index contributed by atoms with van der Waals surface area (Å²) in [4.78, 5) is 0. The molecule has 1 saturated carbocycles. The fourth-order valence-corrected chi connectivity index (χ4v) is 3.28. The van der Waals surface area contributed by atoms with E-state index >= 15 is 0 Å². The van der Waals surface area contributed by atoms with E-state index < -0.39 is 0 Å². The molecule has 1 fully saturated rings. The minimum Gasteiger partial charge on any atom is -0.497 e. The summed E-state index contributed by atoms with van der Waals surface area (Å²) in [6, 6.07) is 6.29. The molecular weight excluding hydrogens is 234 g/mol. The van der Waals surface area contributed by atoms with Crippen molar-refractivity contribution in [3.63, 3.8) is 0 Å². The van der Waals surface area contributed by atoms with Gasteiger partial charge in [-0.15, -0.1) is 0 Å². The van der Waals surface area contributed by atoms with Gasteiger partial charge in [0.2, 0.25) is 0 Å². The summed E-state index contributed by atoms with van der Waals surface area (Å²) < 4.78 is 5.29. The van der Waals surface area contributed by atoms with Crippen LogP contribution >= 0.6 is 0 Å². The first kappa shape index (κ1) is 14.4. The lowest BCUT2D eigenvalue weighted by Crippen LogP contribution is -2.37. The van der Waals surface area contributed by atoms with Gasteiger partial charge in [-0.3, -0.25) is 0 Å². The van der Waals surface area contributed by atoms with E-state index in [2.05, 4.69) is 32.9 Å². The van der Waals surface area contributed by atoms with Gasteiger partial charge in [-0.2, -0.15) is 0 Å². The fraction of sp³-hybridized carbons (Fsp3) is 0.647. The van der Waals surface area contributed by atoms with Crippen LogP contribution < -0.4 is 10.5 Å². The topological polar surface area (TPSA) is 35.2 Å². The van der Waals surface area contributed by atoms with Crippen molar-refractivity contribution in [3.05, 3.63) is 29.3 Å². The zero-order valence-corrected chi connectivity index (χ0v) is 12.8. The first-order valence-electron chi connectivity index (χ1n) is 7.30. The molecule has 19 heavy (non-hydrogen) atoms. The number of hydrogen-bond donors (Lipinski definition) is 1. The first-order chi connectivity index (χ1) is 8.86. The van der Waals surface area contributed by atoms with E-state index in [0.29, 0.717) is 5.41 Å². The van der Waals surface area contributed by atoms with Gasteiger partial charge in [-0.05, 0) is 61.3 Å². The van der Waals surface area contributed by atoms with Gasteiger partial charge in [0.25, 0.3) is 0 Å². The molecule has 1 aromatic rings. The molecule has 0 bridgehead atoms. The molecular formula is C17H27NO. The van der Waals surface area contributed by atoms with Gasteiger partial charge in [-0.25, -0.2) is 0 Å². The zero-order valence-electron chi connectivity index (χ0n) is 12.8. The summed E-state index contributed by atoms with van der Waals surface area (Å²) in [6.45, 7) is 6.86. The van der Waals surface area contributed by atoms with Crippen LogP contribution in [-0.2, 0) is 5.54 Å². The highest BCUT2D eigenvalue weighted by Gasteiger charge is 2.34. The van der Waals surface area contributed by atoms with Gasteiger partial charge in [-0.1, -0.05) is 26.3 Å². The summed E-state index contributed by atoms with van der Waals surface area (Å²) in [7, 11) is 1.71. The predicted octanol–water partition coefficient (Wildman–Crippen LogP) is 4.15. The van der Waals surface area contributed by atoms with Gasteiger partial charge >= 0.3 is 0 Å². The maximum Gasteiger partial charge on any atom is 0.119 e. The molecule has 2 N–H and O–H groups in total. The standard InChI is InChI=1S/C17H27NO/c1-13-12-14(19-4)6-7-15(13)17(18)9-5-8-16(2,3)10-11-17/h6-7,12H,5,8-11,18H2,1-4H3. The Morgan fingerprint density at radius 2 is 1.84 bits per heavy atom. The van der Waals surface area contributed by atoms with Crippen LogP contribution in [0.5, 0.6) is 5.75 Å². The molecule has 1 unspecified atom stereocenters. The van der Waals surface area contributed by atoms with Crippen LogP contribution in [0.3, 0.4) is 0 Å². The average molecular weight is 261 g/mol. The lowest BCUT2D eigenvalue weighted by Gasteiger charge is -2.31. The number of hydrogen-bond acceptors (Lipinski definition) is 2. The van der Waals surface area contributed by atoms with E-state index in [-0.39, 0.29) is 5.54 Å². The monoisotopic (exact) mass is 261 g/mol. The molecule has 0 spiro atoms. The molecule has 0 aromatic heterocycles. The van der Waals surface area contributed by atoms with Gasteiger partial charge < -0.3 is 10.5 Å². The quantitative estimate of drug-likeness (QED) is 0.812. The molecule has 1 aliphatic carbocycles. The van der Waals surface area contributed by atoms with Crippen molar-refractivity contribution in [2.24, 2.45) is 11.1 Å². The third-order valence-electron chi connectivity index (χ3n) is 4.69. The molecule has 1 aromatic carbocycles. The van der Waals surface area contributed by atoms with Crippen molar-refractivity contribution >= 4 is 0 Å². The summed E-state index contributed by atoms with van der Waals surface area (Å²) in [5, 5.41) is 0. The van der Waals surface area contributed by atoms with Gasteiger partial charge in [0.15, 0.2) is 0 Å². The van der Waals surface area contributed by atoms with E-state index in [4.69, 9.17) is 10.5 Å². The number of nitrogens with two attached hydrogens (primary N) is 1. The Morgan fingerprint density at radius 1 is 1.11 bits per heavy atom. The number of rotatable bonds is 2. The third kappa shape index (κ3) is 3.11. The van der Waals surface area contributed by atoms with Crippen LogP contribution in [0.1, 0.15) is 57.1 Å². The van der Waals surface area contributed by atoms with E-state index in [1.165, 1.54) is 30.4 Å². The number of ether oxygens (including phenoxy) is 1. The summed E-state index contributed by atoms with van der Waals surface area (Å²) >= 11 is 0. The van der Waals surface area contributed by atoms with Gasteiger partial charge in [0, 0.05) is 5.54 Å². The molecule has 0 amide bonds. The van der Waals surface area contributed by atoms with E-state index in [9.17, 15) is 0 Å². The minimum absolute atomic E-state index is 0.163. The van der Waals surface area contributed by atoms with Crippen LogP contribution in [0.2, 0.25) is 0 Å². The van der Waals surface area contributed by atoms with E-state index in [1.807, 2.05) is 6.07 Å². The molecule has 2 rings (SSSR count). The van der Waals surface area contributed by atoms with Crippen molar-refractivity contribution in [1.82, 2.24) is 0 Å². The number of aryl methyl sites for hydroxylation is 1. The second kappa shape index (κ2) is 5.16. The Hall–Kier alpha value is -1.02. The van der Waals surface area contributed by atoms with Crippen molar-refractivity contribution in [1.29, 1.82) is 0 Å². The Morgan fingerprint density at radius 3 is 2.47 bits per heavy atom. The van der Waals surface area contributed by atoms with Crippen molar-refractivity contribution < 1.29 is 4.74 Å². The SMILES string of the molecule is COc1ccc(C2(N)CCCC(C)(C)CC2)c(C)c1. The first-order valence-corrected chi connectivity index (χ1v) is 7.30. The highest BCUT2D eigenvalue weighted by atomic mass is 16.5. The molecule has 0 radical (unpaired) electrons. The van der Waals surface area contributed by atoms with Crippen molar-refractivity contribution in [3.8, 4) is 5.75 Å². The smallest absolute Gasteiger partial charge is 0.119 e. The van der Waals surface area contributed by atoms with Crippen LogP contribution in [0, 0.1) is 12.3 Å². The van der Waals surface area contributed by atoms with Gasteiger partial charge in [0.1, 0.15) is 5.75 Å². The molecule has 0 heterocycles. The fourth-order valence-electron chi connectivity index (χ4n) is 3.28. The average Bonchev–Trinajstić information content (AvgIpc) is 2.49. The van der Waals surface area contributed by atoms with E-state index in [0.717, 1.165) is 18.6 Å². The summed E-state index contributed by atoms with van der Waals surface area (Å²) in [5.74, 6) is 0.916. The van der Waals surface area contributed by atoms with Crippen LogP contribution in [0.15, 0.2) is 18.2 Å². The minimum atomic E-state index is -0.163. The Bertz CT molecular complexity index is 453. The normalized spacial score (nSPS) is 26.8. The van der Waals surface area contributed by atoms with Crippen LogP contribution in [0.4, 0.5) is 0 Å². The predicted molar refractivity (Wildman–Crippen MR) is 80.5 cm³/mol. The maximum atomic E-state index is 6.75. The molecule has 2 heteroatoms. The maximum absolute atomic E-state index is 6.75.